The van der Waals surface area contributed by atoms with Gasteiger partial charge in [0, 0.05) is 20.4 Å². The Morgan fingerprint density at radius 1 is 1.11 bits per heavy atom. The normalized spacial score (nSPS) is 10.5. The SMILES string of the molecule is COC(=O)c1c(-c2ccc(Cl)cc2)csc1NC(=O)Cc1ccc(Br)cc1. The maximum Gasteiger partial charge on any atom is 0.341 e. The first-order valence-electron chi connectivity index (χ1n) is 7.98. The standard InChI is InChI=1S/C20H15BrClNO3S/c1-26-20(25)18-16(13-4-8-15(22)9-5-13)11-27-19(18)23-17(24)10-12-2-6-14(21)7-3-12/h2-9,11H,10H2,1H3,(H,23,24). The molecule has 1 N–H and O–H groups in total. The highest BCUT2D eigenvalue weighted by molar-refractivity contribution is 9.10. The second-order valence-electron chi connectivity index (χ2n) is 5.70. The molecule has 0 aliphatic heterocycles. The van der Waals surface area contributed by atoms with Crippen LogP contribution in [-0.2, 0) is 16.0 Å². The zero-order chi connectivity index (χ0) is 19.4. The largest absolute Gasteiger partial charge is 0.465 e. The van der Waals surface area contributed by atoms with E-state index in [0.29, 0.717) is 21.2 Å². The summed E-state index contributed by atoms with van der Waals surface area (Å²) in [5.41, 5.74) is 2.74. The zero-order valence-corrected chi connectivity index (χ0v) is 17.5. The summed E-state index contributed by atoms with van der Waals surface area (Å²) in [5, 5.41) is 5.73. The van der Waals surface area contributed by atoms with Crippen LogP contribution in [-0.4, -0.2) is 19.0 Å². The molecule has 0 spiro atoms. The number of carbonyl (C=O) groups is 2. The van der Waals surface area contributed by atoms with Crippen molar-refractivity contribution < 1.29 is 14.3 Å². The summed E-state index contributed by atoms with van der Waals surface area (Å²) >= 11 is 10.6. The number of hydrogen-bond donors (Lipinski definition) is 1. The third-order valence-corrected chi connectivity index (χ3v) is 5.54. The Bertz CT molecular complexity index is 968. The minimum Gasteiger partial charge on any atom is -0.465 e. The highest BCUT2D eigenvalue weighted by Crippen LogP contribution is 2.36. The van der Waals surface area contributed by atoms with Crippen LogP contribution in [0.5, 0.6) is 0 Å². The number of methoxy groups -OCH3 is 1. The monoisotopic (exact) mass is 463 g/mol. The number of carbonyl (C=O) groups excluding carboxylic acids is 2. The van der Waals surface area contributed by atoms with Gasteiger partial charge in [0.25, 0.3) is 0 Å². The summed E-state index contributed by atoms with van der Waals surface area (Å²) < 4.78 is 5.87. The molecule has 0 radical (unpaired) electrons. The minimum absolute atomic E-state index is 0.202. The molecule has 27 heavy (non-hydrogen) atoms. The van der Waals surface area contributed by atoms with Crippen LogP contribution >= 0.6 is 38.9 Å². The number of anilines is 1. The Hall–Kier alpha value is -2.15. The van der Waals surface area contributed by atoms with E-state index in [2.05, 4.69) is 21.2 Å². The van der Waals surface area contributed by atoms with E-state index in [-0.39, 0.29) is 12.3 Å². The highest BCUT2D eigenvalue weighted by Gasteiger charge is 2.22. The third-order valence-electron chi connectivity index (χ3n) is 3.87. The Morgan fingerprint density at radius 2 is 1.78 bits per heavy atom. The van der Waals surface area contributed by atoms with E-state index in [9.17, 15) is 9.59 Å². The number of amides is 1. The van der Waals surface area contributed by atoms with Crippen LogP contribution in [0, 0.1) is 0 Å². The molecule has 0 fully saturated rings. The number of esters is 1. The number of rotatable bonds is 5. The number of hydrogen-bond acceptors (Lipinski definition) is 4. The Morgan fingerprint density at radius 3 is 2.41 bits per heavy atom. The zero-order valence-electron chi connectivity index (χ0n) is 14.3. The number of ether oxygens (including phenoxy) is 1. The van der Waals surface area contributed by atoms with Crippen molar-refractivity contribution in [3.63, 3.8) is 0 Å². The van der Waals surface area contributed by atoms with E-state index in [1.54, 1.807) is 12.1 Å². The molecule has 1 aromatic heterocycles. The smallest absolute Gasteiger partial charge is 0.341 e. The molecule has 0 aliphatic carbocycles. The van der Waals surface area contributed by atoms with Gasteiger partial charge < -0.3 is 10.1 Å². The van der Waals surface area contributed by atoms with Crippen LogP contribution in [0.4, 0.5) is 5.00 Å². The summed E-state index contributed by atoms with van der Waals surface area (Å²) in [6, 6.07) is 14.7. The second-order valence-corrected chi connectivity index (χ2v) is 7.94. The van der Waals surface area contributed by atoms with Crippen LogP contribution in [0.15, 0.2) is 58.4 Å². The fourth-order valence-corrected chi connectivity index (χ4v) is 3.92. The molecule has 0 atom stereocenters. The molecule has 0 aliphatic rings. The fourth-order valence-electron chi connectivity index (χ4n) is 2.55. The van der Waals surface area contributed by atoms with Crippen molar-refractivity contribution in [2.45, 2.75) is 6.42 Å². The predicted octanol–water partition coefficient (Wildman–Crippen LogP) is 5.80. The van der Waals surface area contributed by atoms with Crippen molar-refractivity contribution in [3.05, 3.63) is 74.5 Å². The summed E-state index contributed by atoms with van der Waals surface area (Å²) in [4.78, 5) is 24.8. The van der Waals surface area contributed by atoms with E-state index in [1.165, 1.54) is 18.4 Å². The molecule has 1 amide bonds. The first-order valence-corrected chi connectivity index (χ1v) is 10.0. The van der Waals surface area contributed by atoms with Gasteiger partial charge in [0.15, 0.2) is 0 Å². The Balaban J connectivity index is 1.86. The van der Waals surface area contributed by atoms with Gasteiger partial charge in [-0.3, -0.25) is 4.79 Å². The topological polar surface area (TPSA) is 55.4 Å². The van der Waals surface area contributed by atoms with Gasteiger partial charge in [-0.1, -0.05) is 51.8 Å². The molecule has 0 saturated heterocycles. The van der Waals surface area contributed by atoms with Crippen molar-refractivity contribution in [1.29, 1.82) is 0 Å². The van der Waals surface area contributed by atoms with Gasteiger partial charge in [-0.2, -0.15) is 0 Å². The van der Waals surface area contributed by atoms with E-state index in [0.717, 1.165) is 15.6 Å². The average molecular weight is 465 g/mol. The van der Waals surface area contributed by atoms with Crippen LogP contribution in [0.25, 0.3) is 11.1 Å². The lowest BCUT2D eigenvalue weighted by Gasteiger charge is -2.08. The summed E-state index contributed by atoms with van der Waals surface area (Å²) in [6.45, 7) is 0. The van der Waals surface area contributed by atoms with Crippen molar-refractivity contribution in [3.8, 4) is 11.1 Å². The second kappa shape index (κ2) is 8.69. The number of benzene rings is 2. The fraction of sp³-hybridized carbons (Fsp3) is 0.100. The first-order chi connectivity index (χ1) is 13.0. The molecule has 0 saturated carbocycles. The first kappa shape index (κ1) is 19.6. The van der Waals surface area contributed by atoms with Crippen molar-refractivity contribution in [2.75, 3.05) is 12.4 Å². The van der Waals surface area contributed by atoms with Crippen LogP contribution < -0.4 is 5.32 Å². The highest BCUT2D eigenvalue weighted by atomic mass is 79.9. The number of halogens is 2. The molecule has 3 aromatic rings. The van der Waals surface area contributed by atoms with E-state index in [4.69, 9.17) is 16.3 Å². The van der Waals surface area contributed by atoms with Crippen molar-refractivity contribution >= 4 is 55.7 Å². The quantitative estimate of drug-likeness (QED) is 0.486. The molecule has 1 heterocycles. The molecule has 2 aromatic carbocycles. The lowest BCUT2D eigenvalue weighted by molar-refractivity contribution is -0.115. The van der Waals surface area contributed by atoms with E-state index < -0.39 is 5.97 Å². The van der Waals surface area contributed by atoms with Gasteiger partial charge in [0.1, 0.15) is 10.6 Å². The lowest BCUT2D eigenvalue weighted by atomic mass is 10.0. The average Bonchev–Trinajstić information content (AvgIpc) is 3.07. The van der Waals surface area contributed by atoms with E-state index >= 15 is 0 Å². The van der Waals surface area contributed by atoms with Gasteiger partial charge in [-0.05, 0) is 35.4 Å². The van der Waals surface area contributed by atoms with Gasteiger partial charge in [-0.15, -0.1) is 11.3 Å². The molecule has 7 heteroatoms. The maximum absolute atomic E-state index is 12.4. The maximum atomic E-state index is 12.4. The summed E-state index contributed by atoms with van der Waals surface area (Å²) in [5.74, 6) is -0.702. The molecule has 4 nitrogen and oxygen atoms in total. The minimum atomic E-state index is -0.500. The summed E-state index contributed by atoms with van der Waals surface area (Å²) in [7, 11) is 1.32. The molecular weight excluding hydrogens is 450 g/mol. The molecule has 138 valence electrons. The molecule has 0 bridgehead atoms. The van der Waals surface area contributed by atoms with Crippen LogP contribution in [0.2, 0.25) is 5.02 Å². The van der Waals surface area contributed by atoms with Crippen molar-refractivity contribution in [1.82, 2.24) is 0 Å². The van der Waals surface area contributed by atoms with Gasteiger partial charge in [0.2, 0.25) is 5.91 Å². The van der Waals surface area contributed by atoms with Crippen LogP contribution in [0.1, 0.15) is 15.9 Å². The van der Waals surface area contributed by atoms with E-state index in [1.807, 2.05) is 41.8 Å². The van der Waals surface area contributed by atoms with Crippen molar-refractivity contribution in [2.24, 2.45) is 0 Å². The third kappa shape index (κ3) is 4.77. The Kier molecular flexibility index (Phi) is 6.31. The van der Waals surface area contributed by atoms with Gasteiger partial charge in [0.05, 0.1) is 13.5 Å². The molecule has 0 unspecified atom stereocenters. The Labute approximate surface area is 174 Å². The number of nitrogens with one attached hydrogen (secondary N) is 1. The lowest BCUT2D eigenvalue weighted by Crippen LogP contribution is -2.16. The molecular formula is C20H15BrClNO3S. The summed E-state index contributed by atoms with van der Waals surface area (Å²) in [6.07, 6.45) is 0.210. The predicted molar refractivity (Wildman–Crippen MR) is 113 cm³/mol. The molecule has 3 rings (SSSR count). The van der Waals surface area contributed by atoms with Gasteiger partial charge in [-0.25, -0.2) is 4.79 Å². The number of thiophene rings is 1. The van der Waals surface area contributed by atoms with Gasteiger partial charge >= 0.3 is 5.97 Å². The van der Waals surface area contributed by atoms with Crippen LogP contribution in [0.3, 0.4) is 0 Å².